The first-order valence-electron chi connectivity index (χ1n) is 13.9. The van der Waals surface area contributed by atoms with Crippen molar-refractivity contribution < 1.29 is 8.81 Å². The van der Waals surface area contributed by atoms with Crippen LogP contribution in [0.3, 0.4) is 0 Å². The number of nitrogens with zero attached hydrogens (tertiary/aromatic N) is 8. The maximum absolute atomic E-state index is 14.1. The van der Waals surface area contributed by atoms with Gasteiger partial charge in [-0.05, 0) is 43.4 Å². The first-order valence-corrected chi connectivity index (χ1v) is 14.2. The quantitative estimate of drug-likeness (QED) is 0.201. The molecule has 11 nitrogen and oxygen atoms in total. The first-order chi connectivity index (χ1) is 20.5. The Morgan fingerprint density at radius 1 is 1.19 bits per heavy atom. The molecule has 0 saturated heterocycles. The molecule has 6 rings (SSSR count). The number of aromatic nitrogens is 7. The van der Waals surface area contributed by atoms with Crippen molar-refractivity contribution in [1.82, 2.24) is 35.2 Å². The van der Waals surface area contributed by atoms with Crippen molar-refractivity contribution in [3.05, 3.63) is 81.9 Å². The van der Waals surface area contributed by atoms with Crippen molar-refractivity contribution in [2.24, 2.45) is 5.41 Å². The van der Waals surface area contributed by atoms with Gasteiger partial charge in [0.05, 0.1) is 34.0 Å². The standard InChI is InChI=1S/C30H30ClFN10O/c1-16-20(6-7-24(32)36-16)27(23-14-42(41-39-23)30(8-9-30)28-40-38-17(2)43-28)37-19-10-21-25(35-15-29(3,4)5)18(12-33)13-34-26(21)22(31)11-19/h6-7,10-11,13-14,27,37H,8-9,15H2,1-5H3,(H,34,35). The van der Waals surface area contributed by atoms with E-state index in [1.807, 2.05) is 12.3 Å². The number of nitrogens with one attached hydrogen (secondary N) is 2. The molecule has 5 aromatic rings. The van der Waals surface area contributed by atoms with Crippen LogP contribution in [-0.2, 0) is 5.54 Å². The zero-order chi connectivity index (χ0) is 30.5. The van der Waals surface area contributed by atoms with Gasteiger partial charge in [0.15, 0.2) is 0 Å². The zero-order valence-electron chi connectivity index (χ0n) is 24.4. The van der Waals surface area contributed by atoms with E-state index in [4.69, 9.17) is 16.0 Å². The molecule has 220 valence electrons. The molecule has 0 aliphatic heterocycles. The lowest BCUT2D eigenvalue weighted by Gasteiger charge is -2.23. The number of hydrogen-bond donors (Lipinski definition) is 2. The second-order valence-electron chi connectivity index (χ2n) is 12.1. The molecule has 13 heteroatoms. The summed E-state index contributed by atoms with van der Waals surface area (Å²) in [7, 11) is 0. The van der Waals surface area contributed by atoms with Gasteiger partial charge in [-0.25, -0.2) is 9.67 Å². The Kier molecular flexibility index (Phi) is 7.01. The zero-order valence-corrected chi connectivity index (χ0v) is 25.2. The summed E-state index contributed by atoms with van der Waals surface area (Å²) < 4.78 is 21.5. The summed E-state index contributed by atoms with van der Waals surface area (Å²) in [5, 5.41) is 35.1. The predicted octanol–water partition coefficient (Wildman–Crippen LogP) is 6.08. The summed E-state index contributed by atoms with van der Waals surface area (Å²) in [5.41, 5.74) is 3.46. The third-order valence-corrected chi connectivity index (χ3v) is 7.74. The number of anilines is 2. The van der Waals surface area contributed by atoms with Gasteiger partial charge in [0.25, 0.3) is 0 Å². The minimum Gasteiger partial charge on any atom is -0.423 e. The van der Waals surface area contributed by atoms with Gasteiger partial charge in [-0.3, -0.25) is 4.98 Å². The molecular formula is C30H30ClFN10O. The largest absolute Gasteiger partial charge is 0.423 e. The molecule has 4 aromatic heterocycles. The van der Waals surface area contributed by atoms with Gasteiger partial charge in [-0.2, -0.15) is 9.65 Å². The van der Waals surface area contributed by atoms with Gasteiger partial charge in [0, 0.05) is 42.0 Å². The second kappa shape index (κ2) is 10.6. The molecule has 1 aromatic carbocycles. The second-order valence-corrected chi connectivity index (χ2v) is 12.5. The fourth-order valence-corrected chi connectivity index (χ4v) is 5.33. The first kappa shape index (κ1) is 28.5. The van der Waals surface area contributed by atoms with Crippen molar-refractivity contribution in [1.29, 1.82) is 5.26 Å². The van der Waals surface area contributed by atoms with Crippen molar-refractivity contribution in [2.45, 2.75) is 59.0 Å². The van der Waals surface area contributed by atoms with Gasteiger partial charge in [0.2, 0.25) is 17.7 Å². The van der Waals surface area contributed by atoms with Crippen LogP contribution in [0, 0.1) is 36.5 Å². The monoisotopic (exact) mass is 600 g/mol. The Hall–Kier alpha value is -4.63. The normalized spacial score (nSPS) is 14.8. The highest BCUT2D eigenvalue weighted by Crippen LogP contribution is 2.48. The highest BCUT2D eigenvalue weighted by atomic mass is 35.5. The summed E-state index contributed by atoms with van der Waals surface area (Å²) in [4.78, 5) is 8.52. The minimum absolute atomic E-state index is 0.0369. The summed E-state index contributed by atoms with van der Waals surface area (Å²) in [6.45, 7) is 10.4. The smallest absolute Gasteiger partial charge is 0.244 e. The number of benzene rings is 1. The molecule has 4 heterocycles. The fraction of sp³-hybridized carbons (Fsp3) is 0.367. The Morgan fingerprint density at radius 3 is 2.63 bits per heavy atom. The van der Waals surface area contributed by atoms with E-state index in [9.17, 15) is 9.65 Å². The van der Waals surface area contributed by atoms with Crippen molar-refractivity contribution in [3.63, 3.8) is 0 Å². The van der Waals surface area contributed by atoms with Gasteiger partial charge < -0.3 is 15.1 Å². The number of halogens is 2. The Balaban J connectivity index is 1.43. The number of pyridine rings is 2. The van der Waals surface area contributed by atoms with E-state index in [1.54, 1.807) is 30.7 Å². The average molecular weight is 601 g/mol. The van der Waals surface area contributed by atoms with E-state index in [0.717, 1.165) is 12.8 Å². The number of aryl methyl sites for hydroxylation is 2. The Morgan fingerprint density at radius 2 is 1.98 bits per heavy atom. The van der Waals surface area contributed by atoms with Crippen LogP contribution in [-0.4, -0.2) is 41.7 Å². The molecule has 2 N–H and O–H groups in total. The highest BCUT2D eigenvalue weighted by Gasteiger charge is 2.52. The lowest BCUT2D eigenvalue weighted by molar-refractivity contribution is 0.359. The van der Waals surface area contributed by atoms with Crippen LogP contribution in [0.25, 0.3) is 10.9 Å². The van der Waals surface area contributed by atoms with E-state index in [2.05, 4.69) is 68.0 Å². The fourth-order valence-electron chi connectivity index (χ4n) is 5.06. The maximum Gasteiger partial charge on any atom is 0.244 e. The van der Waals surface area contributed by atoms with Gasteiger partial charge in [-0.15, -0.1) is 15.3 Å². The number of nitriles is 1. The van der Waals surface area contributed by atoms with Gasteiger partial charge >= 0.3 is 0 Å². The summed E-state index contributed by atoms with van der Waals surface area (Å²) in [6.07, 6.45) is 4.93. The molecule has 1 unspecified atom stereocenters. The highest BCUT2D eigenvalue weighted by molar-refractivity contribution is 6.35. The molecule has 1 aliphatic carbocycles. The lowest BCUT2D eigenvalue weighted by Crippen LogP contribution is -2.20. The predicted molar refractivity (Wildman–Crippen MR) is 159 cm³/mol. The van der Waals surface area contributed by atoms with Crippen molar-refractivity contribution in [3.8, 4) is 6.07 Å². The summed E-state index contributed by atoms with van der Waals surface area (Å²) >= 11 is 6.76. The Labute approximate surface area is 252 Å². The van der Waals surface area contributed by atoms with Crippen LogP contribution in [0.4, 0.5) is 15.8 Å². The van der Waals surface area contributed by atoms with Crippen molar-refractivity contribution >= 4 is 33.9 Å². The molecule has 0 radical (unpaired) electrons. The molecule has 1 fully saturated rings. The van der Waals surface area contributed by atoms with E-state index in [-0.39, 0.29) is 5.41 Å². The molecule has 0 spiro atoms. The molecule has 43 heavy (non-hydrogen) atoms. The molecule has 1 saturated carbocycles. The summed E-state index contributed by atoms with van der Waals surface area (Å²) in [5.74, 6) is 0.390. The molecule has 0 bridgehead atoms. The van der Waals surface area contributed by atoms with Crippen LogP contribution in [0.2, 0.25) is 5.02 Å². The third kappa shape index (κ3) is 5.48. The summed E-state index contributed by atoms with van der Waals surface area (Å²) in [6, 6.07) is 8.32. The Bertz CT molecular complexity index is 1880. The molecular weight excluding hydrogens is 571 g/mol. The molecule has 1 atom stereocenters. The van der Waals surface area contributed by atoms with Crippen LogP contribution >= 0.6 is 11.6 Å². The number of rotatable bonds is 8. The SMILES string of the molecule is Cc1nnc(C2(n3cc(C(Nc4cc(Cl)c5ncc(C#N)c(NCC(C)(C)C)c5c4)c4ccc(F)nc4C)nn3)CC2)o1. The van der Waals surface area contributed by atoms with Gasteiger partial charge in [0.1, 0.15) is 17.3 Å². The van der Waals surface area contributed by atoms with Crippen LogP contribution in [0.15, 0.2) is 41.1 Å². The molecule has 1 aliphatic rings. The van der Waals surface area contributed by atoms with Crippen LogP contribution in [0.5, 0.6) is 0 Å². The number of hydrogen-bond acceptors (Lipinski definition) is 10. The van der Waals surface area contributed by atoms with Gasteiger partial charge in [-0.1, -0.05) is 43.7 Å². The minimum atomic E-state index is -0.578. The van der Waals surface area contributed by atoms with Crippen LogP contribution in [0.1, 0.15) is 74.0 Å². The topological polar surface area (TPSA) is 143 Å². The van der Waals surface area contributed by atoms with Crippen LogP contribution < -0.4 is 10.6 Å². The van der Waals surface area contributed by atoms with E-state index >= 15 is 0 Å². The van der Waals surface area contributed by atoms with E-state index < -0.39 is 17.5 Å². The molecule has 0 amide bonds. The van der Waals surface area contributed by atoms with E-state index in [1.165, 1.54) is 12.3 Å². The average Bonchev–Trinajstić information content (AvgIpc) is 3.38. The third-order valence-electron chi connectivity index (χ3n) is 7.45. The maximum atomic E-state index is 14.1. The lowest BCUT2D eigenvalue weighted by atomic mass is 9.96. The van der Waals surface area contributed by atoms with E-state index in [0.29, 0.717) is 68.1 Å². The number of fused-ring (bicyclic) bond motifs is 1. The van der Waals surface area contributed by atoms with Crippen molar-refractivity contribution in [2.75, 3.05) is 17.2 Å².